The molecule has 8 nitrogen and oxygen atoms in total. The molecule has 220 valence electrons. The normalized spacial score (nSPS) is 14.0. The number of benzene rings is 2. The van der Waals surface area contributed by atoms with Crippen molar-refractivity contribution in [3.8, 4) is 5.75 Å². The quantitative estimate of drug-likeness (QED) is 0.371. The van der Waals surface area contributed by atoms with Crippen LogP contribution < -0.4 is 14.4 Å². The number of anilines is 3. The molecule has 0 saturated carbocycles. The van der Waals surface area contributed by atoms with Gasteiger partial charge in [0.1, 0.15) is 17.3 Å². The standard InChI is InChI=1S/C26H24F6N4O4S/c1-24(2,23(37)35(3)4)16-6-11-19-20(13-16)36(14-15-5-12-21(25(27,28)29)34-22(15)33-19)41(38,39)18-9-7-17(8-10-18)40-26(30,31)32/h5-13H,14H2,1-4H3,(H,33,34). The molecule has 0 atom stereocenters. The molecule has 41 heavy (non-hydrogen) atoms. The van der Waals surface area contributed by atoms with Crippen LogP contribution in [0, 0.1) is 0 Å². The first-order valence-corrected chi connectivity index (χ1v) is 13.3. The number of hydrogen-bond donors (Lipinski definition) is 1. The van der Waals surface area contributed by atoms with Gasteiger partial charge < -0.3 is 15.0 Å². The number of nitrogens with one attached hydrogen (secondary N) is 1. The van der Waals surface area contributed by atoms with E-state index < -0.39 is 50.9 Å². The van der Waals surface area contributed by atoms with E-state index in [2.05, 4.69) is 15.0 Å². The minimum atomic E-state index is -4.99. The van der Waals surface area contributed by atoms with Crippen LogP contribution in [-0.2, 0) is 33.0 Å². The SMILES string of the molecule is CN(C)C(=O)C(C)(C)c1ccc2c(c1)N(S(=O)(=O)c1ccc(OC(F)(F)F)cc1)Cc1ccc(C(F)(F)F)nc1N2. The summed E-state index contributed by atoms with van der Waals surface area (Å²) in [5.41, 5.74) is -1.76. The maximum Gasteiger partial charge on any atom is 0.573 e. The maximum absolute atomic E-state index is 13.9. The molecule has 0 saturated heterocycles. The van der Waals surface area contributed by atoms with Crippen molar-refractivity contribution in [2.45, 2.75) is 43.2 Å². The minimum Gasteiger partial charge on any atom is -0.406 e. The van der Waals surface area contributed by atoms with Crippen molar-refractivity contribution in [2.75, 3.05) is 23.7 Å². The number of carbonyl (C=O) groups excluding carboxylic acids is 1. The van der Waals surface area contributed by atoms with Crippen LogP contribution in [0.4, 0.5) is 43.5 Å². The van der Waals surface area contributed by atoms with Crippen LogP contribution in [0.15, 0.2) is 59.5 Å². The molecule has 1 N–H and O–H groups in total. The highest BCUT2D eigenvalue weighted by Crippen LogP contribution is 2.42. The lowest BCUT2D eigenvalue weighted by Crippen LogP contribution is -2.39. The third kappa shape index (κ3) is 6.04. The van der Waals surface area contributed by atoms with E-state index in [-0.39, 0.29) is 28.7 Å². The van der Waals surface area contributed by atoms with Gasteiger partial charge in [0, 0.05) is 19.7 Å². The number of rotatable bonds is 5. The summed E-state index contributed by atoms with van der Waals surface area (Å²) < 4.78 is 110. The highest BCUT2D eigenvalue weighted by Gasteiger charge is 2.38. The largest absolute Gasteiger partial charge is 0.573 e. The lowest BCUT2D eigenvalue weighted by Gasteiger charge is -2.30. The Balaban J connectivity index is 1.88. The summed E-state index contributed by atoms with van der Waals surface area (Å²) in [6, 6.07) is 9.71. The van der Waals surface area contributed by atoms with Gasteiger partial charge in [0.25, 0.3) is 10.0 Å². The van der Waals surface area contributed by atoms with Crippen molar-refractivity contribution in [1.82, 2.24) is 9.88 Å². The smallest absolute Gasteiger partial charge is 0.406 e. The Labute approximate surface area is 231 Å². The highest BCUT2D eigenvalue weighted by atomic mass is 32.2. The lowest BCUT2D eigenvalue weighted by molar-refractivity contribution is -0.274. The summed E-state index contributed by atoms with van der Waals surface area (Å²) in [7, 11) is -1.42. The van der Waals surface area contributed by atoms with Gasteiger partial charge in [0.05, 0.1) is 28.2 Å². The van der Waals surface area contributed by atoms with Crippen LogP contribution in [-0.4, -0.2) is 44.7 Å². The summed E-state index contributed by atoms with van der Waals surface area (Å²) in [5, 5.41) is 2.78. The molecule has 0 aliphatic carbocycles. The first-order valence-electron chi connectivity index (χ1n) is 11.9. The molecule has 15 heteroatoms. The van der Waals surface area contributed by atoms with Crippen molar-refractivity contribution < 1.29 is 44.3 Å². The van der Waals surface area contributed by atoms with E-state index in [1.807, 2.05) is 0 Å². The molecular weight excluding hydrogens is 578 g/mol. The van der Waals surface area contributed by atoms with Gasteiger partial charge in [-0.1, -0.05) is 12.1 Å². The number of ether oxygens (including phenoxy) is 1. The number of hydrogen-bond acceptors (Lipinski definition) is 6. The fourth-order valence-electron chi connectivity index (χ4n) is 4.32. The van der Waals surface area contributed by atoms with E-state index in [0.29, 0.717) is 5.56 Å². The first kappa shape index (κ1) is 30.0. The number of carbonyl (C=O) groups is 1. The zero-order chi connectivity index (χ0) is 30.5. The Morgan fingerprint density at radius 2 is 1.61 bits per heavy atom. The van der Waals surface area contributed by atoms with E-state index in [0.717, 1.165) is 40.7 Å². The van der Waals surface area contributed by atoms with E-state index in [1.54, 1.807) is 34.0 Å². The molecule has 0 radical (unpaired) electrons. The van der Waals surface area contributed by atoms with Crippen LogP contribution in [0.2, 0.25) is 0 Å². The maximum atomic E-state index is 13.9. The van der Waals surface area contributed by atoms with Crippen LogP contribution in [0.3, 0.4) is 0 Å². The zero-order valence-electron chi connectivity index (χ0n) is 22.1. The van der Waals surface area contributed by atoms with Gasteiger partial charge in [0.15, 0.2) is 0 Å². The molecule has 2 aromatic carbocycles. The summed E-state index contributed by atoms with van der Waals surface area (Å²) in [6.45, 7) is 2.78. The molecule has 1 aliphatic heterocycles. The number of sulfonamides is 1. The first-order chi connectivity index (χ1) is 18.8. The minimum absolute atomic E-state index is 0.00990. The second kappa shape index (κ2) is 10.1. The van der Waals surface area contributed by atoms with Gasteiger partial charge >= 0.3 is 12.5 Å². The molecule has 0 unspecified atom stereocenters. The van der Waals surface area contributed by atoms with Gasteiger partial charge in [-0.3, -0.25) is 9.10 Å². The third-order valence-electron chi connectivity index (χ3n) is 6.41. The number of pyridine rings is 1. The lowest BCUT2D eigenvalue weighted by atomic mass is 9.83. The van der Waals surface area contributed by atoms with Gasteiger partial charge in [-0.2, -0.15) is 13.2 Å². The summed E-state index contributed by atoms with van der Waals surface area (Å²) in [6.07, 6.45) is -9.76. The molecule has 0 fully saturated rings. The fraction of sp³-hybridized carbons (Fsp3) is 0.308. The molecule has 1 aliphatic rings. The Morgan fingerprint density at radius 1 is 0.976 bits per heavy atom. The van der Waals surface area contributed by atoms with Crippen LogP contribution in [0.25, 0.3) is 0 Å². The van der Waals surface area contributed by atoms with E-state index in [9.17, 15) is 39.6 Å². The van der Waals surface area contributed by atoms with Gasteiger partial charge in [0.2, 0.25) is 5.91 Å². The number of alkyl halides is 6. The Hall–Kier alpha value is -4.01. The Morgan fingerprint density at radius 3 is 2.17 bits per heavy atom. The monoisotopic (exact) mass is 602 g/mol. The third-order valence-corrected chi connectivity index (χ3v) is 8.18. The molecule has 1 amide bonds. The molecular formula is C26H24F6N4O4S. The predicted molar refractivity (Wildman–Crippen MR) is 137 cm³/mol. The van der Waals surface area contributed by atoms with Crippen molar-refractivity contribution in [1.29, 1.82) is 0 Å². The summed E-state index contributed by atoms with van der Waals surface area (Å²) in [5.74, 6) is -1.17. The van der Waals surface area contributed by atoms with Crippen molar-refractivity contribution in [3.05, 3.63) is 71.4 Å². The number of likely N-dealkylation sites (N-methyl/N-ethyl adjacent to an activating group) is 1. The number of aromatic nitrogens is 1. The Kier molecular flexibility index (Phi) is 7.39. The predicted octanol–water partition coefficient (Wildman–Crippen LogP) is 5.82. The molecule has 4 rings (SSSR count). The summed E-state index contributed by atoms with van der Waals surface area (Å²) >= 11 is 0. The second-order valence-electron chi connectivity index (χ2n) is 9.91. The molecule has 0 bridgehead atoms. The average molecular weight is 603 g/mol. The van der Waals surface area contributed by atoms with Crippen molar-refractivity contribution in [2.24, 2.45) is 0 Å². The Bertz CT molecular complexity index is 1590. The van der Waals surface area contributed by atoms with E-state index >= 15 is 0 Å². The summed E-state index contributed by atoms with van der Waals surface area (Å²) in [4.78, 5) is 17.5. The van der Waals surface area contributed by atoms with Gasteiger partial charge in [-0.15, -0.1) is 13.2 Å². The number of amides is 1. The second-order valence-corrected chi connectivity index (χ2v) is 11.8. The average Bonchev–Trinajstić information content (AvgIpc) is 3.03. The zero-order valence-corrected chi connectivity index (χ0v) is 22.9. The van der Waals surface area contributed by atoms with Crippen LogP contribution in [0.5, 0.6) is 5.75 Å². The van der Waals surface area contributed by atoms with Crippen LogP contribution in [0.1, 0.15) is 30.7 Å². The number of fused-ring (bicyclic) bond motifs is 2. The molecule has 1 aromatic heterocycles. The van der Waals surface area contributed by atoms with Crippen molar-refractivity contribution >= 4 is 33.1 Å². The van der Waals surface area contributed by atoms with Gasteiger partial charge in [-0.25, -0.2) is 13.4 Å². The van der Waals surface area contributed by atoms with Crippen molar-refractivity contribution in [3.63, 3.8) is 0 Å². The fourth-order valence-corrected chi connectivity index (χ4v) is 5.77. The van der Waals surface area contributed by atoms with Crippen LogP contribution >= 0.6 is 0 Å². The molecule has 0 spiro atoms. The van der Waals surface area contributed by atoms with E-state index in [4.69, 9.17) is 0 Å². The molecule has 3 aromatic rings. The molecule has 2 heterocycles. The topological polar surface area (TPSA) is 91.8 Å². The highest BCUT2D eigenvalue weighted by molar-refractivity contribution is 7.92. The number of halogens is 6. The van der Waals surface area contributed by atoms with E-state index in [1.165, 1.54) is 17.0 Å². The van der Waals surface area contributed by atoms with Gasteiger partial charge in [-0.05, 0) is 61.9 Å². The number of nitrogens with zero attached hydrogens (tertiary/aromatic N) is 3.